The largest absolute Gasteiger partial charge is 0.490 e. The zero-order valence-electron chi connectivity index (χ0n) is 16.8. The molecule has 154 valence electrons. The van der Waals surface area contributed by atoms with E-state index in [2.05, 4.69) is 23.5 Å². The van der Waals surface area contributed by atoms with E-state index >= 15 is 0 Å². The Morgan fingerprint density at radius 2 is 1.93 bits per heavy atom. The Hall–Kier alpha value is -3.09. The topological polar surface area (TPSA) is 90.7 Å². The number of nitro benzene ring substituents is 1. The highest BCUT2D eigenvalue weighted by atomic mass is 16.6. The maximum atomic E-state index is 12.4. The van der Waals surface area contributed by atoms with E-state index in [0.29, 0.717) is 5.75 Å². The highest BCUT2D eigenvalue weighted by Crippen LogP contribution is 2.31. The Morgan fingerprint density at radius 1 is 1.17 bits per heavy atom. The number of carbonyl (C=O) groups excluding carboxylic acids is 1. The lowest BCUT2D eigenvalue weighted by Crippen LogP contribution is -2.32. The SMILES string of the molecule is CC[C@@H](NC(=O)COc1ccc([N+](=O)[O-])c(OC)c1)c1ccc2c(c1)CCCC2. The van der Waals surface area contributed by atoms with Crippen molar-refractivity contribution in [1.82, 2.24) is 5.32 Å². The average molecular weight is 398 g/mol. The Morgan fingerprint density at radius 3 is 2.62 bits per heavy atom. The molecule has 0 heterocycles. The number of aryl methyl sites for hydroxylation is 2. The van der Waals surface area contributed by atoms with Crippen molar-refractivity contribution >= 4 is 11.6 Å². The molecule has 1 atom stereocenters. The summed E-state index contributed by atoms with van der Waals surface area (Å²) in [6, 6.07) is 10.6. The minimum atomic E-state index is -0.528. The van der Waals surface area contributed by atoms with Crippen molar-refractivity contribution in [1.29, 1.82) is 0 Å². The number of methoxy groups -OCH3 is 1. The number of carbonyl (C=O) groups is 1. The molecule has 29 heavy (non-hydrogen) atoms. The van der Waals surface area contributed by atoms with Crippen molar-refractivity contribution in [3.8, 4) is 11.5 Å². The zero-order valence-corrected chi connectivity index (χ0v) is 16.8. The van der Waals surface area contributed by atoms with Gasteiger partial charge in [-0.3, -0.25) is 14.9 Å². The molecule has 1 aliphatic rings. The van der Waals surface area contributed by atoms with E-state index in [0.717, 1.165) is 24.8 Å². The van der Waals surface area contributed by atoms with Gasteiger partial charge in [-0.2, -0.15) is 0 Å². The average Bonchev–Trinajstić information content (AvgIpc) is 2.75. The number of fused-ring (bicyclic) bond motifs is 1. The lowest BCUT2D eigenvalue weighted by molar-refractivity contribution is -0.385. The summed E-state index contributed by atoms with van der Waals surface area (Å²) in [6.45, 7) is 1.86. The first kappa shape index (κ1) is 20.6. The summed E-state index contributed by atoms with van der Waals surface area (Å²) in [4.78, 5) is 22.8. The van der Waals surface area contributed by atoms with E-state index in [9.17, 15) is 14.9 Å². The van der Waals surface area contributed by atoms with Crippen LogP contribution in [0.2, 0.25) is 0 Å². The minimum Gasteiger partial charge on any atom is -0.490 e. The van der Waals surface area contributed by atoms with Crippen LogP contribution in [0.25, 0.3) is 0 Å². The molecule has 0 aromatic heterocycles. The van der Waals surface area contributed by atoms with Crippen LogP contribution in [0.5, 0.6) is 11.5 Å². The Bertz CT molecular complexity index is 897. The molecule has 0 aliphatic heterocycles. The summed E-state index contributed by atoms with van der Waals surface area (Å²) >= 11 is 0. The van der Waals surface area contributed by atoms with Gasteiger partial charge in [-0.1, -0.05) is 25.1 Å². The van der Waals surface area contributed by atoms with Crippen LogP contribution < -0.4 is 14.8 Å². The second kappa shape index (κ2) is 9.41. The van der Waals surface area contributed by atoms with E-state index in [4.69, 9.17) is 9.47 Å². The zero-order chi connectivity index (χ0) is 20.8. The van der Waals surface area contributed by atoms with E-state index in [1.165, 1.54) is 49.3 Å². The molecule has 0 radical (unpaired) electrons. The van der Waals surface area contributed by atoms with Crippen molar-refractivity contribution < 1.29 is 19.2 Å². The van der Waals surface area contributed by atoms with Crippen molar-refractivity contribution in [2.75, 3.05) is 13.7 Å². The first-order chi connectivity index (χ1) is 14.0. The summed E-state index contributed by atoms with van der Waals surface area (Å²) in [6.07, 6.45) is 5.46. The van der Waals surface area contributed by atoms with E-state index in [-0.39, 0.29) is 30.0 Å². The number of benzene rings is 2. The fraction of sp³-hybridized carbons (Fsp3) is 0.409. The summed E-state index contributed by atoms with van der Waals surface area (Å²) in [5.74, 6) is 0.185. The number of nitro groups is 1. The van der Waals surface area contributed by atoms with Crippen molar-refractivity contribution in [3.63, 3.8) is 0 Å². The van der Waals surface area contributed by atoms with Crippen LogP contribution in [-0.2, 0) is 17.6 Å². The molecule has 2 aromatic rings. The van der Waals surface area contributed by atoms with Crippen molar-refractivity contribution in [2.24, 2.45) is 0 Å². The van der Waals surface area contributed by atoms with E-state index in [1.807, 2.05) is 6.92 Å². The van der Waals surface area contributed by atoms with Crippen molar-refractivity contribution in [3.05, 3.63) is 63.2 Å². The predicted molar refractivity (Wildman–Crippen MR) is 109 cm³/mol. The number of ether oxygens (including phenoxy) is 2. The third-order valence-corrected chi connectivity index (χ3v) is 5.24. The molecule has 0 saturated carbocycles. The maximum Gasteiger partial charge on any atom is 0.311 e. The van der Waals surface area contributed by atoms with Crippen LogP contribution in [0.15, 0.2) is 36.4 Å². The number of hydrogen-bond acceptors (Lipinski definition) is 5. The molecule has 0 unspecified atom stereocenters. The second-order valence-electron chi connectivity index (χ2n) is 7.14. The van der Waals surface area contributed by atoms with Crippen molar-refractivity contribution in [2.45, 2.75) is 45.1 Å². The van der Waals surface area contributed by atoms with Gasteiger partial charge in [0.1, 0.15) is 5.75 Å². The van der Waals surface area contributed by atoms with Crippen LogP contribution in [0.4, 0.5) is 5.69 Å². The number of rotatable bonds is 8. The van der Waals surface area contributed by atoms with Gasteiger partial charge >= 0.3 is 5.69 Å². The van der Waals surface area contributed by atoms with Gasteiger partial charge in [0.15, 0.2) is 6.61 Å². The van der Waals surface area contributed by atoms with Gasteiger partial charge in [0.05, 0.1) is 18.1 Å². The van der Waals surface area contributed by atoms with E-state index < -0.39 is 4.92 Å². The van der Waals surface area contributed by atoms with Gasteiger partial charge in [-0.25, -0.2) is 0 Å². The van der Waals surface area contributed by atoms with Crippen LogP contribution in [0.3, 0.4) is 0 Å². The molecule has 0 spiro atoms. The predicted octanol–water partition coefficient (Wildman–Crippen LogP) is 4.13. The summed E-state index contributed by atoms with van der Waals surface area (Å²) < 4.78 is 10.5. The van der Waals surface area contributed by atoms with E-state index in [1.54, 1.807) is 0 Å². The Balaban J connectivity index is 1.61. The maximum absolute atomic E-state index is 12.4. The monoisotopic (exact) mass is 398 g/mol. The highest BCUT2D eigenvalue weighted by Gasteiger charge is 2.18. The first-order valence-corrected chi connectivity index (χ1v) is 9.88. The third kappa shape index (κ3) is 5.04. The Labute approximate surface area is 170 Å². The molecule has 1 amide bonds. The number of nitrogens with zero attached hydrogens (tertiary/aromatic N) is 1. The molecule has 0 saturated heterocycles. The third-order valence-electron chi connectivity index (χ3n) is 5.24. The fourth-order valence-electron chi connectivity index (χ4n) is 3.67. The number of amides is 1. The molecule has 7 heteroatoms. The lowest BCUT2D eigenvalue weighted by atomic mass is 9.89. The van der Waals surface area contributed by atoms with Gasteiger partial charge in [0.25, 0.3) is 5.91 Å². The molecule has 7 nitrogen and oxygen atoms in total. The van der Waals surface area contributed by atoms with Crippen LogP contribution in [-0.4, -0.2) is 24.5 Å². The highest BCUT2D eigenvalue weighted by molar-refractivity contribution is 5.78. The van der Waals surface area contributed by atoms with Crippen LogP contribution in [0, 0.1) is 10.1 Å². The molecule has 1 aliphatic carbocycles. The molecule has 2 aromatic carbocycles. The molecular formula is C22H26N2O5. The molecule has 3 rings (SSSR count). The minimum absolute atomic E-state index is 0.0790. The van der Waals surface area contributed by atoms with Crippen LogP contribution in [0.1, 0.15) is 48.9 Å². The summed E-state index contributed by atoms with van der Waals surface area (Å²) in [5.41, 5.74) is 3.76. The normalized spacial score (nSPS) is 13.9. The Kier molecular flexibility index (Phi) is 6.69. The smallest absolute Gasteiger partial charge is 0.311 e. The van der Waals surface area contributed by atoms with Gasteiger partial charge in [-0.15, -0.1) is 0 Å². The van der Waals surface area contributed by atoms with Gasteiger partial charge in [0, 0.05) is 12.1 Å². The van der Waals surface area contributed by atoms with Crippen LogP contribution >= 0.6 is 0 Å². The summed E-state index contributed by atoms with van der Waals surface area (Å²) in [5, 5.41) is 14.0. The fourth-order valence-corrected chi connectivity index (χ4v) is 3.67. The molecule has 1 N–H and O–H groups in total. The lowest BCUT2D eigenvalue weighted by Gasteiger charge is -2.22. The molecule has 0 bridgehead atoms. The van der Waals surface area contributed by atoms with Gasteiger partial charge in [0.2, 0.25) is 5.75 Å². The number of nitrogens with one attached hydrogen (secondary N) is 1. The van der Waals surface area contributed by atoms with Gasteiger partial charge in [-0.05, 0) is 54.9 Å². The second-order valence-corrected chi connectivity index (χ2v) is 7.14. The molecule has 0 fully saturated rings. The molecular weight excluding hydrogens is 372 g/mol. The first-order valence-electron chi connectivity index (χ1n) is 9.88. The number of hydrogen-bond donors (Lipinski definition) is 1. The standard InChI is InChI=1S/C22H26N2O5/c1-3-19(17-9-8-15-6-4-5-7-16(15)12-17)23-22(25)14-29-18-10-11-20(24(26)27)21(13-18)28-2/h8-13,19H,3-7,14H2,1-2H3,(H,23,25)/t19-/m1/s1. The van der Waals surface area contributed by atoms with Gasteiger partial charge < -0.3 is 14.8 Å². The quantitative estimate of drug-likeness (QED) is 0.533. The summed E-state index contributed by atoms with van der Waals surface area (Å²) in [7, 11) is 1.35.